The van der Waals surface area contributed by atoms with Crippen LogP contribution in [0.2, 0.25) is 0 Å². The van der Waals surface area contributed by atoms with Crippen LogP contribution in [0.3, 0.4) is 0 Å². The molecule has 4 heteroatoms. The molecule has 0 fully saturated rings. The van der Waals surface area contributed by atoms with Gasteiger partial charge in [0.05, 0.1) is 0 Å². The number of carbonyl (C=O) groups is 1. The van der Waals surface area contributed by atoms with Crippen LogP contribution in [0.1, 0.15) is 12.5 Å². The van der Waals surface area contributed by atoms with E-state index in [1.54, 1.807) is 0 Å². The van der Waals surface area contributed by atoms with Crippen molar-refractivity contribution in [3.63, 3.8) is 0 Å². The Morgan fingerprint density at radius 3 is 2.94 bits per heavy atom. The first-order valence-electron chi connectivity index (χ1n) is 5.73. The highest BCUT2D eigenvalue weighted by molar-refractivity contribution is 5.84. The lowest BCUT2D eigenvalue weighted by Gasteiger charge is -2.12. The third-order valence-electron chi connectivity index (χ3n) is 2.85. The predicted molar refractivity (Wildman–Crippen MR) is 67.1 cm³/mol. The second-order valence-corrected chi connectivity index (χ2v) is 4.01. The minimum Gasteiger partial charge on any atom is -0.480 e. The number of carboxylic acid groups (broad SMARTS) is 1. The van der Waals surface area contributed by atoms with Crippen molar-refractivity contribution in [3.8, 4) is 0 Å². The molecule has 2 rings (SSSR count). The molecule has 4 nitrogen and oxygen atoms in total. The molecular formula is C13H16N2O2. The van der Waals surface area contributed by atoms with Crippen molar-refractivity contribution < 1.29 is 9.90 Å². The van der Waals surface area contributed by atoms with Gasteiger partial charge < -0.3 is 15.4 Å². The van der Waals surface area contributed by atoms with Crippen molar-refractivity contribution in [2.24, 2.45) is 0 Å². The number of aromatic amines is 1. The molecule has 0 radical (unpaired) electrons. The largest absolute Gasteiger partial charge is 0.480 e. The monoisotopic (exact) mass is 232 g/mol. The zero-order valence-corrected chi connectivity index (χ0v) is 9.73. The van der Waals surface area contributed by atoms with Gasteiger partial charge in [-0.3, -0.25) is 4.79 Å². The average molecular weight is 232 g/mol. The standard InChI is InChI=1S/C13H16N2O2/c1-2-14-12(13(16)17)7-9-8-15-11-6-4-3-5-10(9)11/h3-6,8,12,14-15H,2,7H2,1H3,(H,16,17)/t12-/m0/s1. The lowest BCUT2D eigenvalue weighted by molar-refractivity contribution is -0.139. The van der Waals surface area contributed by atoms with E-state index < -0.39 is 12.0 Å². The minimum absolute atomic E-state index is 0.493. The van der Waals surface area contributed by atoms with Crippen molar-refractivity contribution in [2.45, 2.75) is 19.4 Å². The molecule has 0 saturated heterocycles. The Labute approximate surface area is 99.7 Å². The molecule has 1 atom stereocenters. The number of aromatic nitrogens is 1. The van der Waals surface area contributed by atoms with Crippen LogP contribution in [0.15, 0.2) is 30.5 Å². The van der Waals surface area contributed by atoms with Crippen LogP contribution in [0.5, 0.6) is 0 Å². The van der Waals surface area contributed by atoms with Crippen LogP contribution in [0, 0.1) is 0 Å². The van der Waals surface area contributed by atoms with E-state index in [4.69, 9.17) is 5.11 Å². The smallest absolute Gasteiger partial charge is 0.321 e. The summed E-state index contributed by atoms with van der Waals surface area (Å²) in [4.78, 5) is 14.2. The van der Waals surface area contributed by atoms with Crippen molar-refractivity contribution >= 4 is 16.9 Å². The van der Waals surface area contributed by atoms with Gasteiger partial charge in [-0.05, 0) is 18.2 Å². The van der Waals surface area contributed by atoms with Crippen molar-refractivity contribution in [3.05, 3.63) is 36.0 Å². The van der Waals surface area contributed by atoms with Gasteiger partial charge in [0.1, 0.15) is 6.04 Å². The van der Waals surface area contributed by atoms with Crippen LogP contribution in [0.4, 0.5) is 0 Å². The van der Waals surface area contributed by atoms with Gasteiger partial charge >= 0.3 is 5.97 Å². The van der Waals surface area contributed by atoms with Crippen LogP contribution in [-0.4, -0.2) is 28.6 Å². The number of fused-ring (bicyclic) bond motifs is 1. The maximum atomic E-state index is 11.1. The molecule has 1 aromatic carbocycles. The molecule has 0 spiro atoms. The van der Waals surface area contributed by atoms with Crippen LogP contribution in [0.25, 0.3) is 10.9 Å². The molecule has 1 aromatic heterocycles. The van der Waals surface area contributed by atoms with E-state index in [0.717, 1.165) is 16.5 Å². The molecule has 2 aromatic rings. The van der Waals surface area contributed by atoms with Crippen molar-refractivity contribution in [2.75, 3.05) is 6.54 Å². The predicted octanol–water partition coefficient (Wildman–Crippen LogP) is 1.77. The third-order valence-corrected chi connectivity index (χ3v) is 2.85. The van der Waals surface area contributed by atoms with E-state index in [0.29, 0.717) is 13.0 Å². The van der Waals surface area contributed by atoms with E-state index in [2.05, 4.69) is 10.3 Å². The lowest BCUT2D eigenvalue weighted by Crippen LogP contribution is -2.38. The maximum absolute atomic E-state index is 11.1. The van der Waals surface area contributed by atoms with Gasteiger partial charge in [-0.1, -0.05) is 25.1 Å². The molecule has 3 N–H and O–H groups in total. The van der Waals surface area contributed by atoms with E-state index in [1.165, 1.54) is 0 Å². The number of carboxylic acids is 1. The number of nitrogens with one attached hydrogen (secondary N) is 2. The Morgan fingerprint density at radius 2 is 2.24 bits per heavy atom. The Balaban J connectivity index is 2.25. The summed E-state index contributed by atoms with van der Waals surface area (Å²) in [7, 11) is 0. The number of hydrogen-bond acceptors (Lipinski definition) is 2. The Hall–Kier alpha value is -1.81. The summed E-state index contributed by atoms with van der Waals surface area (Å²) in [6.07, 6.45) is 2.38. The molecule has 0 unspecified atom stereocenters. The SMILES string of the molecule is CCN[C@@H](Cc1c[nH]c2ccccc12)C(=O)O. The molecule has 0 saturated carbocycles. The Morgan fingerprint density at radius 1 is 1.47 bits per heavy atom. The van der Waals surface area contributed by atoms with E-state index >= 15 is 0 Å². The summed E-state index contributed by atoms with van der Waals surface area (Å²) in [5.74, 6) is -0.808. The van der Waals surface area contributed by atoms with Gasteiger partial charge in [0.2, 0.25) is 0 Å². The van der Waals surface area contributed by atoms with Gasteiger partial charge in [0.15, 0.2) is 0 Å². The third kappa shape index (κ3) is 2.47. The first-order chi connectivity index (χ1) is 8.22. The highest BCUT2D eigenvalue weighted by Gasteiger charge is 2.17. The van der Waals surface area contributed by atoms with Gasteiger partial charge in [-0.15, -0.1) is 0 Å². The van der Waals surface area contributed by atoms with Crippen LogP contribution < -0.4 is 5.32 Å². The second kappa shape index (κ2) is 5.01. The number of H-pyrrole nitrogens is 1. The average Bonchev–Trinajstić information content (AvgIpc) is 2.72. The van der Waals surface area contributed by atoms with Gasteiger partial charge in [-0.25, -0.2) is 0 Å². The maximum Gasteiger partial charge on any atom is 0.321 e. The van der Waals surface area contributed by atoms with E-state index in [-0.39, 0.29) is 0 Å². The number of hydrogen-bond donors (Lipinski definition) is 3. The topological polar surface area (TPSA) is 65.1 Å². The molecule has 17 heavy (non-hydrogen) atoms. The molecule has 0 aliphatic carbocycles. The summed E-state index contributed by atoms with van der Waals surface area (Å²) >= 11 is 0. The number of benzene rings is 1. The molecule has 0 bridgehead atoms. The molecule has 90 valence electrons. The summed E-state index contributed by atoms with van der Waals surface area (Å²) in [6, 6.07) is 7.39. The highest BCUT2D eigenvalue weighted by Crippen LogP contribution is 2.19. The zero-order chi connectivity index (χ0) is 12.3. The van der Waals surface area contributed by atoms with Gasteiger partial charge in [0.25, 0.3) is 0 Å². The first-order valence-corrected chi connectivity index (χ1v) is 5.73. The summed E-state index contributed by atoms with van der Waals surface area (Å²) < 4.78 is 0. The van der Waals surface area contributed by atoms with Gasteiger partial charge in [-0.2, -0.15) is 0 Å². The Bertz CT molecular complexity index is 519. The van der Waals surface area contributed by atoms with E-state index in [9.17, 15) is 4.79 Å². The van der Waals surface area contributed by atoms with Crippen LogP contribution >= 0.6 is 0 Å². The lowest BCUT2D eigenvalue weighted by atomic mass is 10.1. The fourth-order valence-corrected chi connectivity index (χ4v) is 2.01. The van der Waals surface area contributed by atoms with E-state index in [1.807, 2.05) is 37.4 Å². The number of likely N-dealkylation sites (N-methyl/N-ethyl adjacent to an activating group) is 1. The Kier molecular flexibility index (Phi) is 3.44. The normalized spacial score (nSPS) is 12.8. The highest BCUT2D eigenvalue weighted by atomic mass is 16.4. The minimum atomic E-state index is -0.808. The number of rotatable bonds is 5. The van der Waals surface area contributed by atoms with Crippen molar-refractivity contribution in [1.29, 1.82) is 0 Å². The molecule has 0 amide bonds. The first kappa shape index (κ1) is 11.7. The fraction of sp³-hybridized carbons (Fsp3) is 0.308. The number of aliphatic carboxylic acids is 1. The molecule has 1 heterocycles. The second-order valence-electron chi connectivity index (χ2n) is 4.01. The number of para-hydroxylation sites is 1. The molecule has 0 aliphatic rings. The fourth-order valence-electron chi connectivity index (χ4n) is 2.01. The zero-order valence-electron chi connectivity index (χ0n) is 9.73. The quantitative estimate of drug-likeness (QED) is 0.736. The summed E-state index contributed by atoms with van der Waals surface area (Å²) in [6.45, 7) is 2.56. The summed E-state index contributed by atoms with van der Waals surface area (Å²) in [5, 5.41) is 13.2. The van der Waals surface area contributed by atoms with Crippen LogP contribution in [-0.2, 0) is 11.2 Å². The molecule has 0 aliphatic heterocycles. The molecular weight excluding hydrogens is 216 g/mol. The van der Waals surface area contributed by atoms with Crippen molar-refractivity contribution in [1.82, 2.24) is 10.3 Å². The summed E-state index contributed by atoms with van der Waals surface area (Å²) in [5.41, 5.74) is 2.08. The van der Waals surface area contributed by atoms with Gasteiger partial charge in [0, 0.05) is 23.5 Å².